The number of halogens is 1. The average molecular weight is 346 g/mol. The number of rotatable bonds is 4. The van der Waals surface area contributed by atoms with Gasteiger partial charge in [0.25, 0.3) is 0 Å². The summed E-state index contributed by atoms with van der Waals surface area (Å²) in [6.45, 7) is 2.70. The van der Waals surface area contributed by atoms with Crippen molar-refractivity contribution in [3.63, 3.8) is 0 Å². The van der Waals surface area contributed by atoms with E-state index in [9.17, 15) is 4.79 Å². The fourth-order valence-electron chi connectivity index (χ4n) is 2.37. The van der Waals surface area contributed by atoms with Crippen molar-refractivity contribution in [3.05, 3.63) is 57.5 Å². The van der Waals surface area contributed by atoms with E-state index in [1.807, 2.05) is 30.6 Å². The maximum absolute atomic E-state index is 11.7. The number of hydrogen-bond acceptors (Lipinski definition) is 4. The average Bonchev–Trinajstić information content (AvgIpc) is 2.99. The van der Waals surface area contributed by atoms with Crippen LogP contribution in [0.1, 0.15) is 13.3 Å². The highest BCUT2D eigenvalue weighted by Gasteiger charge is 2.09. The van der Waals surface area contributed by atoms with Crippen molar-refractivity contribution >= 4 is 28.6 Å². The van der Waals surface area contributed by atoms with Gasteiger partial charge in [-0.2, -0.15) is 0 Å². The molecule has 0 aliphatic carbocycles. The van der Waals surface area contributed by atoms with E-state index in [2.05, 4.69) is 11.1 Å². The molecule has 2 aromatic heterocycles. The highest BCUT2D eigenvalue weighted by atomic mass is 35.5. The minimum Gasteiger partial charge on any atom is -0.399 e. The summed E-state index contributed by atoms with van der Waals surface area (Å²) in [6, 6.07) is 7.56. The first-order valence-corrected chi connectivity index (χ1v) is 8.55. The number of aryl methyl sites for hydroxylation is 1. The summed E-state index contributed by atoms with van der Waals surface area (Å²) < 4.78 is 1.64. The van der Waals surface area contributed by atoms with Crippen molar-refractivity contribution in [1.29, 1.82) is 0 Å². The lowest BCUT2D eigenvalue weighted by Gasteiger charge is -2.05. The first-order chi connectivity index (χ1) is 11.1. The molecular formula is C17H16ClN3OS. The Bertz CT molecular complexity index is 901. The first-order valence-electron chi connectivity index (χ1n) is 7.29. The van der Waals surface area contributed by atoms with E-state index in [4.69, 9.17) is 17.3 Å². The number of aromatic nitrogens is 2. The Morgan fingerprint density at radius 2 is 2.13 bits per heavy atom. The smallest absolute Gasteiger partial charge is 0.347 e. The second-order valence-electron chi connectivity index (χ2n) is 5.26. The lowest BCUT2D eigenvalue weighted by Crippen LogP contribution is -2.21. The van der Waals surface area contributed by atoms with Crippen molar-refractivity contribution in [1.82, 2.24) is 9.55 Å². The Morgan fingerprint density at radius 1 is 1.30 bits per heavy atom. The zero-order valence-electron chi connectivity index (χ0n) is 12.6. The zero-order chi connectivity index (χ0) is 16.4. The molecule has 0 spiro atoms. The van der Waals surface area contributed by atoms with Crippen LogP contribution in [0.2, 0.25) is 5.02 Å². The van der Waals surface area contributed by atoms with Gasteiger partial charge in [0.15, 0.2) is 0 Å². The topological polar surface area (TPSA) is 60.9 Å². The molecule has 0 aliphatic heterocycles. The van der Waals surface area contributed by atoms with Gasteiger partial charge in [-0.05, 0) is 35.6 Å². The highest BCUT2D eigenvalue weighted by molar-refractivity contribution is 7.14. The highest BCUT2D eigenvalue weighted by Crippen LogP contribution is 2.36. The Kier molecular flexibility index (Phi) is 4.50. The second kappa shape index (κ2) is 6.56. The van der Waals surface area contributed by atoms with E-state index >= 15 is 0 Å². The summed E-state index contributed by atoms with van der Waals surface area (Å²) in [5.41, 5.74) is 9.07. The molecule has 2 heterocycles. The van der Waals surface area contributed by atoms with Crippen LogP contribution >= 0.6 is 22.9 Å². The monoisotopic (exact) mass is 345 g/mol. The summed E-state index contributed by atoms with van der Waals surface area (Å²) >= 11 is 7.88. The molecule has 23 heavy (non-hydrogen) atoms. The third kappa shape index (κ3) is 3.30. The lowest BCUT2D eigenvalue weighted by atomic mass is 10.1. The summed E-state index contributed by atoms with van der Waals surface area (Å²) in [4.78, 5) is 16.7. The molecule has 0 atom stereocenters. The molecule has 0 fully saturated rings. The number of nitrogen functional groups attached to an aromatic ring is 1. The minimum atomic E-state index is -0.215. The molecule has 4 nitrogen and oxygen atoms in total. The summed E-state index contributed by atoms with van der Waals surface area (Å²) in [6.07, 6.45) is 4.36. The van der Waals surface area contributed by atoms with E-state index in [1.54, 1.807) is 28.2 Å². The Balaban J connectivity index is 1.99. The van der Waals surface area contributed by atoms with Crippen LogP contribution in [0.5, 0.6) is 0 Å². The standard InChI is InChI=1S/C17H16ClN3OS/c1-2-5-21-9-12(8-20-17(21)22)11-6-16(23-10-11)14-4-3-13(19)7-15(14)18/h3-4,6-10H,2,5,19H2,1H3. The maximum Gasteiger partial charge on any atom is 0.347 e. The van der Waals surface area contributed by atoms with Gasteiger partial charge in [0.05, 0.1) is 5.02 Å². The predicted octanol–water partition coefficient (Wildman–Crippen LogP) is 4.28. The van der Waals surface area contributed by atoms with Gasteiger partial charge in [-0.3, -0.25) is 4.57 Å². The Labute approximate surface area is 143 Å². The van der Waals surface area contributed by atoms with Crippen molar-refractivity contribution in [3.8, 4) is 21.6 Å². The Morgan fingerprint density at radius 3 is 2.87 bits per heavy atom. The summed E-state index contributed by atoms with van der Waals surface area (Å²) in [5.74, 6) is 0. The van der Waals surface area contributed by atoms with Crippen LogP contribution in [-0.4, -0.2) is 9.55 Å². The third-order valence-electron chi connectivity index (χ3n) is 3.51. The van der Waals surface area contributed by atoms with Crippen LogP contribution in [-0.2, 0) is 6.54 Å². The zero-order valence-corrected chi connectivity index (χ0v) is 14.2. The van der Waals surface area contributed by atoms with Crippen molar-refractivity contribution in [2.45, 2.75) is 19.9 Å². The van der Waals surface area contributed by atoms with Crippen molar-refractivity contribution in [2.24, 2.45) is 0 Å². The van der Waals surface area contributed by atoms with Gasteiger partial charge in [0.2, 0.25) is 0 Å². The van der Waals surface area contributed by atoms with Gasteiger partial charge < -0.3 is 5.73 Å². The molecule has 3 rings (SSSR count). The normalized spacial score (nSPS) is 10.9. The van der Waals surface area contributed by atoms with Crippen LogP contribution < -0.4 is 11.4 Å². The largest absolute Gasteiger partial charge is 0.399 e. The molecule has 0 radical (unpaired) electrons. The van der Waals surface area contributed by atoms with E-state index < -0.39 is 0 Å². The van der Waals surface area contributed by atoms with Gasteiger partial charge in [-0.25, -0.2) is 9.78 Å². The van der Waals surface area contributed by atoms with Gasteiger partial charge in [0, 0.05) is 40.6 Å². The first kappa shape index (κ1) is 15.8. The molecule has 0 amide bonds. The number of nitrogens with two attached hydrogens (primary N) is 1. The van der Waals surface area contributed by atoms with Crippen LogP contribution in [0, 0.1) is 0 Å². The van der Waals surface area contributed by atoms with E-state index in [1.165, 1.54) is 0 Å². The van der Waals surface area contributed by atoms with Crippen molar-refractivity contribution in [2.75, 3.05) is 5.73 Å². The number of nitrogens with zero attached hydrogens (tertiary/aromatic N) is 2. The molecule has 1 aromatic carbocycles. The molecule has 0 saturated heterocycles. The predicted molar refractivity (Wildman–Crippen MR) is 97.0 cm³/mol. The van der Waals surface area contributed by atoms with E-state index in [0.717, 1.165) is 28.0 Å². The fourth-order valence-corrected chi connectivity index (χ4v) is 3.67. The lowest BCUT2D eigenvalue weighted by molar-refractivity contribution is 0.636. The molecule has 0 unspecified atom stereocenters. The second-order valence-corrected chi connectivity index (χ2v) is 6.58. The number of anilines is 1. The van der Waals surface area contributed by atoms with Crippen LogP contribution in [0.3, 0.4) is 0 Å². The molecule has 2 N–H and O–H groups in total. The summed E-state index contributed by atoms with van der Waals surface area (Å²) in [5, 5.41) is 2.67. The van der Waals surface area contributed by atoms with Crippen LogP contribution in [0.25, 0.3) is 21.6 Å². The minimum absolute atomic E-state index is 0.215. The van der Waals surface area contributed by atoms with Crippen molar-refractivity contribution < 1.29 is 0 Å². The molecule has 118 valence electrons. The molecule has 6 heteroatoms. The number of benzene rings is 1. The fraction of sp³-hybridized carbons (Fsp3) is 0.176. The summed E-state index contributed by atoms with van der Waals surface area (Å²) in [7, 11) is 0. The molecule has 0 saturated carbocycles. The maximum atomic E-state index is 11.7. The van der Waals surface area contributed by atoms with Gasteiger partial charge >= 0.3 is 5.69 Å². The van der Waals surface area contributed by atoms with E-state index in [-0.39, 0.29) is 5.69 Å². The van der Waals surface area contributed by atoms with Gasteiger partial charge in [-0.15, -0.1) is 11.3 Å². The van der Waals surface area contributed by atoms with Crippen LogP contribution in [0.4, 0.5) is 5.69 Å². The quantitative estimate of drug-likeness (QED) is 0.718. The molecule has 0 aliphatic rings. The molecule has 0 bridgehead atoms. The number of hydrogen-bond donors (Lipinski definition) is 1. The molecule has 3 aromatic rings. The third-order valence-corrected chi connectivity index (χ3v) is 4.79. The Hall–Kier alpha value is -2.11. The van der Waals surface area contributed by atoms with Gasteiger partial charge in [0.1, 0.15) is 0 Å². The molecular weight excluding hydrogens is 330 g/mol. The van der Waals surface area contributed by atoms with Crippen LogP contribution in [0.15, 0.2) is 46.8 Å². The van der Waals surface area contributed by atoms with Gasteiger partial charge in [-0.1, -0.05) is 24.6 Å². The van der Waals surface area contributed by atoms with E-state index in [0.29, 0.717) is 17.3 Å². The number of thiophene rings is 1. The SMILES string of the molecule is CCCn1cc(-c2csc(-c3ccc(N)cc3Cl)c2)cnc1=O.